The molecule has 0 radical (unpaired) electrons. The van der Waals surface area contributed by atoms with Crippen LogP contribution in [0.1, 0.15) is 34.5 Å². The highest BCUT2D eigenvalue weighted by atomic mass is 32.1. The van der Waals surface area contributed by atoms with Crippen molar-refractivity contribution >= 4 is 22.5 Å². The number of hydrogen-bond donors (Lipinski definition) is 3. The van der Waals surface area contributed by atoms with E-state index < -0.39 is 6.04 Å². The Bertz CT molecular complexity index is 1110. The highest BCUT2D eigenvalue weighted by Gasteiger charge is 2.18. The van der Waals surface area contributed by atoms with Gasteiger partial charge in [0.15, 0.2) is 5.13 Å². The number of anilines is 1. The Hall–Kier alpha value is -3.68. The molecule has 3 aromatic carbocycles. The van der Waals surface area contributed by atoms with E-state index in [1.54, 1.807) is 7.11 Å². The van der Waals surface area contributed by atoms with Crippen LogP contribution in [0.2, 0.25) is 0 Å². The highest BCUT2D eigenvalue weighted by Crippen LogP contribution is 2.26. The highest BCUT2D eigenvalue weighted by molar-refractivity contribution is 7.13. The molecular formula is C25H24N4O2S. The molecule has 32 heavy (non-hydrogen) atoms. The number of aromatic nitrogens is 1. The third-order valence-electron chi connectivity index (χ3n) is 5.08. The van der Waals surface area contributed by atoms with E-state index in [2.05, 4.69) is 15.6 Å². The Morgan fingerprint density at radius 1 is 0.906 bits per heavy atom. The second-order valence-corrected chi connectivity index (χ2v) is 8.04. The van der Waals surface area contributed by atoms with Crippen LogP contribution in [-0.2, 0) is 0 Å². The van der Waals surface area contributed by atoms with Gasteiger partial charge in [0, 0.05) is 5.38 Å². The van der Waals surface area contributed by atoms with Crippen LogP contribution in [0, 0.1) is 0 Å². The molecule has 0 fully saturated rings. The standard InChI is InChI=1S/C25H24N4O2S/c1-31-20-14-12-17(13-15-20)22(26)21-16-32-25(27-21)29-24(30)28-23(18-8-4-2-5-9-18)19-10-6-3-7-11-19/h2-16,22-23H,26H2,1H3,(H2,27,28,29,30). The molecule has 0 bridgehead atoms. The fourth-order valence-corrected chi connectivity index (χ4v) is 4.12. The van der Waals surface area contributed by atoms with Crippen molar-refractivity contribution in [3.63, 3.8) is 0 Å². The van der Waals surface area contributed by atoms with Crippen molar-refractivity contribution in [3.8, 4) is 5.75 Å². The zero-order valence-corrected chi connectivity index (χ0v) is 18.4. The smallest absolute Gasteiger partial charge is 0.321 e. The normalized spacial score (nSPS) is 11.7. The van der Waals surface area contributed by atoms with E-state index in [9.17, 15) is 4.79 Å². The molecule has 1 unspecified atom stereocenters. The third kappa shape index (κ3) is 5.14. The number of nitrogens with zero attached hydrogens (tertiary/aromatic N) is 1. The van der Waals surface area contributed by atoms with Crippen LogP contribution in [-0.4, -0.2) is 18.1 Å². The minimum atomic E-state index is -0.392. The summed E-state index contributed by atoms with van der Waals surface area (Å²) in [6, 6.07) is 26.2. The average Bonchev–Trinajstić information content (AvgIpc) is 3.31. The summed E-state index contributed by atoms with van der Waals surface area (Å²) in [5.74, 6) is 0.768. The number of urea groups is 1. The van der Waals surface area contributed by atoms with Crippen LogP contribution < -0.4 is 21.1 Å². The fraction of sp³-hybridized carbons (Fsp3) is 0.120. The van der Waals surface area contributed by atoms with Gasteiger partial charge in [-0.1, -0.05) is 72.8 Å². The molecule has 0 aliphatic carbocycles. The van der Waals surface area contributed by atoms with Crippen LogP contribution in [0.5, 0.6) is 5.75 Å². The summed E-state index contributed by atoms with van der Waals surface area (Å²) in [5.41, 5.74) is 9.96. The van der Waals surface area contributed by atoms with Crippen molar-refractivity contribution < 1.29 is 9.53 Å². The molecule has 2 amide bonds. The lowest BCUT2D eigenvalue weighted by Gasteiger charge is -2.19. The van der Waals surface area contributed by atoms with Gasteiger partial charge in [0.05, 0.1) is 24.9 Å². The zero-order valence-electron chi connectivity index (χ0n) is 17.6. The number of hydrogen-bond acceptors (Lipinski definition) is 5. The molecule has 4 aromatic rings. The Labute approximate surface area is 191 Å². The first kappa shape index (κ1) is 21.5. The van der Waals surface area contributed by atoms with Crippen molar-refractivity contribution in [2.24, 2.45) is 5.73 Å². The summed E-state index contributed by atoms with van der Waals surface area (Å²) in [6.45, 7) is 0. The predicted octanol–water partition coefficient (Wildman–Crippen LogP) is 5.11. The van der Waals surface area contributed by atoms with Gasteiger partial charge in [-0.15, -0.1) is 11.3 Å². The Kier molecular flexibility index (Phi) is 6.79. The Morgan fingerprint density at radius 3 is 2.06 bits per heavy atom. The molecule has 4 N–H and O–H groups in total. The van der Waals surface area contributed by atoms with Crippen LogP contribution in [0.15, 0.2) is 90.3 Å². The second kappa shape index (κ2) is 10.1. The lowest BCUT2D eigenvalue weighted by molar-refractivity contribution is 0.250. The number of amides is 2. The predicted molar refractivity (Wildman–Crippen MR) is 128 cm³/mol. The monoisotopic (exact) mass is 444 g/mol. The van der Waals surface area contributed by atoms with Gasteiger partial charge in [-0.05, 0) is 28.8 Å². The number of thiazole rings is 1. The summed E-state index contributed by atoms with van der Waals surface area (Å²) in [6.07, 6.45) is 0. The van der Waals surface area contributed by atoms with Gasteiger partial charge in [0.25, 0.3) is 0 Å². The summed E-state index contributed by atoms with van der Waals surface area (Å²) >= 11 is 1.34. The van der Waals surface area contributed by atoms with Crippen molar-refractivity contribution in [2.75, 3.05) is 12.4 Å². The van der Waals surface area contributed by atoms with E-state index in [0.29, 0.717) is 10.8 Å². The molecule has 7 heteroatoms. The molecule has 162 valence electrons. The first-order valence-electron chi connectivity index (χ1n) is 10.2. The molecule has 1 aromatic heterocycles. The summed E-state index contributed by atoms with van der Waals surface area (Å²) in [5, 5.41) is 8.24. The summed E-state index contributed by atoms with van der Waals surface area (Å²) < 4.78 is 5.19. The van der Waals surface area contributed by atoms with E-state index in [-0.39, 0.29) is 12.1 Å². The maximum Gasteiger partial charge on any atom is 0.321 e. The van der Waals surface area contributed by atoms with Gasteiger partial charge < -0.3 is 15.8 Å². The quantitative estimate of drug-likeness (QED) is 0.369. The molecular weight excluding hydrogens is 420 g/mol. The molecule has 1 atom stereocenters. The first-order chi connectivity index (χ1) is 15.6. The number of carbonyl (C=O) groups excluding carboxylic acids is 1. The Morgan fingerprint density at radius 2 is 1.50 bits per heavy atom. The molecule has 1 heterocycles. The summed E-state index contributed by atoms with van der Waals surface area (Å²) in [7, 11) is 1.62. The number of ether oxygens (including phenoxy) is 1. The van der Waals surface area contributed by atoms with Gasteiger partial charge in [-0.2, -0.15) is 0 Å². The molecule has 0 aliphatic rings. The maximum absolute atomic E-state index is 12.8. The van der Waals surface area contributed by atoms with Crippen LogP contribution in [0.3, 0.4) is 0 Å². The number of nitrogens with one attached hydrogen (secondary N) is 2. The van der Waals surface area contributed by atoms with Gasteiger partial charge in [0.2, 0.25) is 0 Å². The number of carbonyl (C=O) groups is 1. The largest absolute Gasteiger partial charge is 0.497 e. The number of benzene rings is 3. The minimum absolute atomic E-state index is 0.279. The van der Waals surface area contributed by atoms with E-state index in [1.807, 2.05) is 90.3 Å². The summed E-state index contributed by atoms with van der Waals surface area (Å²) in [4.78, 5) is 17.3. The van der Waals surface area contributed by atoms with Gasteiger partial charge in [-0.25, -0.2) is 9.78 Å². The Balaban J connectivity index is 1.46. The maximum atomic E-state index is 12.8. The average molecular weight is 445 g/mol. The topological polar surface area (TPSA) is 89.3 Å². The number of rotatable bonds is 7. The first-order valence-corrected chi connectivity index (χ1v) is 11.0. The van der Waals surface area contributed by atoms with E-state index in [0.717, 1.165) is 22.4 Å². The van der Waals surface area contributed by atoms with E-state index >= 15 is 0 Å². The van der Waals surface area contributed by atoms with Crippen molar-refractivity contribution in [2.45, 2.75) is 12.1 Å². The third-order valence-corrected chi connectivity index (χ3v) is 5.85. The van der Waals surface area contributed by atoms with Crippen molar-refractivity contribution in [1.82, 2.24) is 10.3 Å². The lowest BCUT2D eigenvalue weighted by atomic mass is 9.99. The van der Waals surface area contributed by atoms with Gasteiger partial charge in [0.1, 0.15) is 5.75 Å². The fourth-order valence-electron chi connectivity index (χ4n) is 3.38. The molecule has 0 spiro atoms. The zero-order chi connectivity index (χ0) is 22.3. The van der Waals surface area contributed by atoms with Gasteiger partial charge >= 0.3 is 6.03 Å². The van der Waals surface area contributed by atoms with Crippen LogP contribution >= 0.6 is 11.3 Å². The molecule has 0 saturated carbocycles. The lowest BCUT2D eigenvalue weighted by Crippen LogP contribution is -2.33. The van der Waals surface area contributed by atoms with Crippen molar-refractivity contribution in [3.05, 3.63) is 113 Å². The SMILES string of the molecule is COc1ccc(C(N)c2csc(NC(=O)NC(c3ccccc3)c3ccccc3)n2)cc1. The van der Waals surface area contributed by atoms with Crippen LogP contribution in [0.25, 0.3) is 0 Å². The molecule has 4 rings (SSSR count). The van der Waals surface area contributed by atoms with E-state index in [1.165, 1.54) is 11.3 Å². The number of methoxy groups -OCH3 is 1. The van der Waals surface area contributed by atoms with Crippen molar-refractivity contribution in [1.29, 1.82) is 0 Å². The molecule has 0 saturated heterocycles. The molecule has 6 nitrogen and oxygen atoms in total. The second-order valence-electron chi connectivity index (χ2n) is 7.18. The number of nitrogens with two attached hydrogens (primary N) is 1. The van der Waals surface area contributed by atoms with Gasteiger partial charge in [-0.3, -0.25) is 5.32 Å². The van der Waals surface area contributed by atoms with E-state index in [4.69, 9.17) is 10.5 Å². The molecule has 0 aliphatic heterocycles. The van der Waals surface area contributed by atoms with Crippen LogP contribution in [0.4, 0.5) is 9.93 Å². The minimum Gasteiger partial charge on any atom is -0.497 e.